The largest absolute Gasteiger partial charge is 0.493 e. The molecule has 2 aromatic carbocycles. The van der Waals surface area contributed by atoms with Crippen LogP contribution in [0.2, 0.25) is 0 Å². The molecule has 6 nitrogen and oxygen atoms in total. The number of nitrogens with zero attached hydrogens (tertiary/aromatic N) is 1. The number of amides is 1. The number of anilines is 1. The molecule has 138 valence electrons. The fourth-order valence-electron chi connectivity index (χ4n) is 3.45. The van der Waals surface area contributed by atoms with E-state index in [0.717, 1.165) is 5.56 Å². The first kappa shape index (κ1) is 18.2. The molecule has 0 unspecified atom stereocenters. The number of carbonyl (C=O) groups is 1. The molecule has 0 bridgehead atoms. The van der Waals surface area contributed by atoms with Crippen LogP contribution in [0.1, 0.15) is 24.5 Å². The smallest absolute Gasteiger partial charge is 0.264 e. The van der Waals surface area contributed by atoms with Gasteiger partial charge < -0.3 is 24.6 Å². The summed E-state index contributed by atoms with van der Waals surface area (Å²) in [6.45, 7) is 1.84. The van der Waals surface area contributed by atoms with Crippen molar-refractivity contribution in [3.63, 3.8) is 0 Å². The fraction of sp³-hybridized carbons (Fsp3) is 0.350. The van der Waals surface area contributed by atoms with Gasteiger partial charge in [-0.2, -0.15) is 0 Å². The number of carbonyl (C=O) groups excluding carboxylic acids is 1. The number of aliphatic hydroxyl groups is 2. The van der Waals surface area contributed by atoms with E-state index in [-0.39, 0.29) is 13.0 Å². The van der Waals surface area contributed by atoms with Crippen LogP contribution in [0.5, 0.6) is 11.5 Å². The number of hydrogen-bond donors (Lipinski definition) is 2. The Morgan fingerprint density at radius 3 is 2.46 bits per heavy atom. The second kappa shape index (κ2) is 6.97. The van der Waals surface area contributed by atoms with Gasteiger partial charge in [-0.1, -0.05) is 24.3 Å². The Morgan fingerprint density at radius 2 is 1.81 bits per heavy atom. The quantitative estimate of drug-likeness (QED) is 0.829. The van der Waals surface area contributed by atoms with Crippen molar-refractivity contribution in [1.82, 2.24) is 0 Å². The Labute approximate surface area is 152 Å². The molecule has 1 aliphatic rings. The van der Waals surface area contributed by atoms with Crippen LogP contribution in [0, 0.1) is 0 Å². The molecule has 2 aromatic rings. The molecule has 26 heavy (non-hydrogen) atoms. The molecule has 1 amide bonds. The summed E-state index contributed by atoms with van der Waals surface area (Å²) in [5.41, 5.74) is 0.287. The van der Waals surface area contributed by atoms with Gasteiger partial charge in [0.25, 0.3) is 5.91 Å². The number of aliphatic hydroxyl groups excluding tert-OH is 1. The Kier molecular flexibility index (Phi) is 4.89. The molecule has 0 saturated heterocycles. The molecule has 2 atom stereocenters. The van der Waals surface area contributed by atoms with E-state index >= 15 is 0 Å². The predicted molar refractivity (Wildman–Crippen MR) is 97.4 cm³/mol. The van der Waals surface area contributed by atoms with Gasteiger partial charge in [0, 0.05) is 12.0 Å². The van der Waals surface area contributed by atoms with Crippen LogP contribution in [-0.2, 0) is 16.9 Å². The van der Waals surface area contributed by atoms with Crippen LogP contribution < -0.4 is 14.4 Å². The van der Waals surface area contributed by atoms with E-state index in [4.69, 9.17) is 9.47 Å². The zero-order valence-electron chi connectivity index (χ0n) is 15.1. The third-order valence-electron chi connectivity index (χ3n) is 4.62. The van der Waals surface area contributed by atoms with Crippen molar-refractivity contribution in [3.8, 4) is 11.5 Å². The van der Waals surface area contributed by atoms with Gasteiger partial charge in [-0.25, -0.2) is 0 Å². The summed E-state index contributed by atoms with van der Waals surface area (Å²) in [4.78, 5) is 14.6. The number of methoxy groups -OCH3 is 2. The molecule has 6 heteroatoms. The average molecular weight is 357 g/mol. The summed E-state index contributed by atoms with van der Waals surface area (Å²) in [5.74, 6) is 0.744. The van der Waals surface area contributed by atoms with Gasteiger partial charge in [0.2, 0.25) is 0 Å². The van der Waals surface area contributed by atoms with Crippen molar-refractivity contribution >= 4 is 11.6 Å². The molecular formula is C20H23NO5. The maximum absolute atomic E-state index is 13.0. The maximum atomic E-state index is 13.0. The third-order valence-corrected chi connectivity index (χ3v) is 4.62. The fourth-order valence-corrected chi connectivity index (χ4v) is 3.45. The van der Waals surface area contributed by atoms with Crippen LogP contribution in [0.4, 0.5) is 5.69 Å². The van der Waals surface area contributed by atoms with Crippen LogP contribution in [0.3, 0.4) is 0 Å². The van der Waals surface area contributed by atoms with Gasteiger partial charge in [-0.3, -0.25) is 4.79 Å². The molecule has 1 aliphatic heterocycles. The van der Waals surface area contributed by atoms with E-state index in [1.807, 2.05) is 12.1 Å². The lowest BCUT2D eigenvalue weighted by Crippen LogP contribution is -2.41. The molecule has 1 heterocycles. The third kappa shape index (κ3) is 3.02. The second-order valence-electron chi connectivity index (χ2n) is 6.51. The topological polar surface area (TPSA) is 79.2 Å². The molecule has 0 aromatic heterocycles. The summed E-state index contributed by atoms with van der Waals surface area (Å²) in [7, 11) is 3.12. The van der Waals surface area contributed by atoms with E-state index in [0.29, 0.717) is 22.7 Å². The summed E-state index contributed by atoms with van der Waals surface area (Å²) in [6, 6.07) is 12.6. The normalized spacial score (nSPS) is 20.0. The van der Waals surface area contributed by atoms with Crippen molar-refractivity contribution in [3.05, 3.63) is 53.6 Å². The second-order valence-corrected chi connectivity index (χ2v) is 6.51. The first-order valence-corrected chi connectivity index (χ1v) is 8.43. The highest BCUT2D eigenvalue weighted by molar-refractivity contribution is 6.06. The van der Waals surface area contributed by atoms with Gasteiger partial charge >= 0.3 is 0 Å². The Hall–Kier alpha value is -2.57. The van der Waals surface area contributed by atoms with Crippen LogP contribution in [0.15, 0.2) is 42.5 Å². The molecule has 0 spiro atoms. The summed E-state index contributed by atoms with van der Waals surface area (Å²) >= 11 is 0. The standard InChI is InChI=1S/C20H23NO5/c1-13(22)11-20(24)15-6-4-5-7-16(15)21(19(20)23)12-14-8-9-17(25-2)18(10-14)26-3/h4-10,13,22,24H,11-12H2,1-3H3/t13-,20+/m1/s1. The minimum atomic E-state index is -1.72. The van der Waals surface area contributed by atoms with Gasteiger partial charge in [-0.05, 0) is 30.7 Å². The number of fused-ring (bicyclic) bond motifs is 1. The van der Waals surface area contributed by atoms with E-state index < -0.39 is 17.6 Å². The highest BCUT2D eigenvalue weighted by atomic mass is 16.5. The average Bonchev–Trinajstić information content (AvgIpc) is 2.83. The summed E-state index contributed by atoms with van der Waals surface area (Å²) < 4.78 is 10.6. The Balaban J connectivity index is 1.97. The van der Waals surface area contributed by atoms with Crippen molar-refractivity contribution in [2.24, 2.45) is 0 Å². The van der Waals surface area contributed by atoms with E-state index in [1.54, 1.807) is 56.4 Å². The Bertz CT molecular complexity index is 820. The summed E-state index contributed by atoms with van der Waals surface area (Å²) in [6.07, 6.45) is -0.858. The van der Waals surface area contributed by atoms with Gasteiger partial charge in [0.05, 0.1) is 32.6 Å². The van der Waals surface area contributed by atoms with Crippen LogP contribution in [0.25, 0.3) is 0 Å². The van der Waals surface area contributed by atoms with Gasteiger partial charge in [0.15, 0.2) is 17.1 Å². The SMILES string of the molecule is COc1ccc(CN2C(=O)[C@](O)(C[C@@H](C)O)c3ccccc32)cc1OC. The molecule has 0 radical (unpaired) electrons. The number of rotatable bonds is 6. The molecule has 2 N–H and O–H groups in total. The molecular weight excluding hydrogens is 334 g/mol. The van der Waals surface area contributed by atoms with Crippen LogP contribution >= 0.6 is 0 Å². The molecule has 3 rings (SSSR count). The van der Waals surface area contributed by atoms with Crippen molar-refractivity contribution < 1.29 is 24.5 Å². The number of ether oxygens (including phenoxy) is 2. The molecule has 0 aliphatic carbocycles. The maximum Gasteiger partial charge on any atom is 0.264 e. The highest BCUT2D eigenvalue weighted by Gasteiger charge is 2.49. The zero-order valence-corrected chi connectivity index (χ0v) is 15.1. The predicted octanol–water partition coefficient (Wildman–Crippen LogP) is 2.21. The monoisotopic (exact) mass is 357 g/mol. The Morgan fingerprint density at radius 1 is 1.12 bits per heavy atom. The first-order chi connectivity index (χ1) is 12.4. The van der Waals surface area contributed by atoms with E-state index in [1.165, 1.54) is 0 Å². The first-order valence-electron chi connectivity index (χ1n) is 8.43. The number of hydrogen-bond acceptors (Lipinski definition) is 5. The lowest BCUT2D eigenvalue weighted by Gasteiger charge is -2.24. The minimum absolute atomic E-state index is 0.0503. The minimum Gasteiger partial charge on any atom is -0.493 e. The van der Waals surface area contributed by atoms with Crippen molar-refractivity contribution in [2.45, 2.75) is 31.6 Å². The van der Waals surface area contributed by atoms with Gasteiger partial charge in [-0.15, -0.1) is 0 Å². The highest BCUT2D eigenvalue weighted by Crippen LogP contribution is 2.43. The summed E-state index contributed by atoms with van der Waals surface area (Å²) in [5, 5.41) is 20.8. The lowest BCUT2D eigenvalue weighted by atomic mass is 9.90. The van der Waals surface area contributed by atoms with Gasteiger partial charge in [0.1, 0.15) is 0 Å². The zero-order chi connectivity index (χ0) is 18.9. The molecule has 0 fully saturated rings. The lowest BCUT2D eigenvalue weighted by molar-refractivity contribution is -0.139. The van der Waals surface area contributed by atoms with E-state index in [9.17, 15) is 15.0 Å². The van der Waals surface area contributed by atoms with Crippen molar-refractivity contribution in [2.75, 3.05) is 19.1 Å². The number of benzene rings is 2. The van der Waals surface area contributed by atoms with E-state index in [2.05, 4.69) is 0 Å². The number of para-hydroxylation sites is 1. The van der Waals surface area contributed by atoms with Crippen molar-refractivity contribution in [1.29, 1.82) is 0 Å². The molecule has 0 saturated carbocycles. The van der Waals surface area contributed by atoms with Crippen LogP contribution in [-0.4, -0.2) is 36.4 Å².